The predicted molar refractivity (Wildman–Crippen MR) is 177 cm³/mol. The highest BCUT2D eigenvalue weighted by Crippen LogP contribution is 2.64. The van der Waals surface area contributed by atoms with Crippen molar-refractivity contribution in [1.82, 2.24) is 9.80 Å². The topological polar surface area (TPSA) is 155 Å². The molecule has 5 aliphatic rings. The van der Waals surface area contributed by atoms with E-state index in [2.05, 4.69) is 11.0 Å². The highest BCUT2D eigenvalue weighted by molar-refractivity contribution is 7.99. The molecule has 4 bridgehead atoms. The Morgan fingerprint density at radius 3 is 2.47 bits per heavy atom. The molecule has 18 heteroatoms. The maximum absolute atomic E-state index is 13.4. The second kappa shape index (κ2) is 13.8. The van der Waals surface area contributed by atoms with Crippen molar-refractivity contribution in [3.05, 3.63) is 39.4 Å². The number of carbonyl (C=O) groups excluding carboxylic acids is 3. The summed E-state index contributed by atoms with van der Waals surface area (Å²) in [6.07, 6.45) is -6.89. The Labute approximate surface area is 306 Å². The SMILES string of the molecule is COCOc1c(OC)c(C)cc2c1[C@@H]1C3[C@@H]4SC[C@H](OC(=O)C(F)(F)F)C(=O)OC[C@H](c5c6c(c(C)c(OC(C)=O)c54)OCO6)N3[C@@H](C#N)[C@H](C2)N1C. The van der Waals surface area contributed by atoms with Crippen molar-refractivity contribution in [2.45, 2.75) is 74.9 Å². The number of benzene rings is 2. The van der Waals surface area contributed by atoms with Gasteiger partial charge in [0.25, 0.3) is 0 Å². The third-order valence-electron chi connectivity index (χ3n) is 10.4. The van der Waals surface area contributed by atoms with Gasteiger partial charge in [0, 0.05) is 54.1 Å². The average Bonchev–Trinajstić information content (AvgIpc) is 3.59. The third-order valence-corrected chi connectivity index (χ3v) is 11.8. The Kier molecular flexibility index (Phi) is 9.58. The lowest BCUT2D eigenvalue weighted by atomic mass is 9.71. The molecule has 0 N–H and O–H groups in total. The van der Waals surface area contributed by atoms with Crippen LogP contribution < -0.4 is 23.7 Å². The number of fused-ring (bicyclic) bond motifs is 9. The van der Waals surface area contributed by atoms with Crippen LogP contribution in [0.5, 0.6) is 28.7 Å². The highest BCUT2D eigenvalue weighted by Gasteiger charge is 2.61. The van der Waals surface area contributed by atoms with Gasteiger partial charge in [-0.15, -0.1) is 11.8 Å². The number of thioether (sulfide) groups is 1. The number of carbonyl (C=O) groups is 3. The maximum Gasteiger partial charge on any atom is 0.490 e. The molecule has 2 aromatic rings. The first-order valence-corrected chi connectivity index (χ1v) is 17.7. The van der Waals surface area contributed by atoms with Gasteiger partial charge in [-0.1, -0.05) is 6.07 Å². The number of cyclic esters (lactones) is 1. The monoisotopic (exact) mass is 763 g/mol. The molecule has 7 atom stereocenters. The van der Waals surface area contributed by atoms with E-state index < -0.39 is 78.0 Å². The first-order valence-electron chi connectivity index (χ1n) is 16.6. The number of alkyl halides is 3. The summed E-state index contributed by atoms with van der Waals surface area (Å²) in [5.41, 5.74) is 3.76. The van der Waals surface area contributed by atoms with Crippen LogP contribution >= 0.6 is 11.8 Å². The van der Waals surface area contributed by atoms with E-state index in [9.17, 15) is 32.8 Å². The number of methoxy groups -OCH3 is 2. The molecule has 1 unspecified atom stereocenters. The van der Waals surface area contributed by atoms with Gasteiger partial charge in [-0.25, -0.2) is 9.59 Å². The van der Waals surface area contributed by atoms with Crippen LogP contribution in [0.15, 0.2) is 6.07 Å². The van der Waals surface area contributed by atoms with Crippen LogP contribution in [0, 0.1) is 25.2 Å². The first-order chi connectivity index (χ1) is 25.2. The van der Waals surface area contributed by atoms with Crippen LogP contribution in [0.1, 0.15) is 57.6 Å². The molecule has 0 aromatic heterocycles. The van der Waals surface area contributed by atoms with E-state index in [0.717, 1.165) is 28.5 Å². The van der Waals surface area contributed by atoms with Gasteiger partial charge in [0.05, 0.1) is 30.5 Å². The number of esters is 3. The molecule has 284 valence electrons. The molecule has 7 rings (SSSR count). The van der Waals surface area contributed by atoms with E-state index in [-0.39, 0.29) is 19.3 Å². The van der Waals surface area contributed by atoms with Crippen molar-refractivity contribution >= 4 is 29.7 Å². The summed E-state index contributed by atoms with van der Waals surface area (Å²) >= 11 is 1.01. The quantitative estimate of drug-likeness (QED) is 0.237. The fourth-order valence-electron chi connectivity index (χ4n) is 8.47. The second-order valence-electron chi connectivity index (χ2n) is 13.3. The molecule has 0 spiro atoms. The number of aryl methyl sites for hydroxylation is 1. The number of rotatable bonds is 6. The molecule has 0 aliphatic carbocycles. The van der Waals surface area contributed by atoms with E-state index in [1.165, 1.54) is 21.1 Å². The Morgan fingerprint density at radius 2 is 1.81 bits per heavy atom. The van der Waals surface area contributed by atoms with Crippen LogP contribution in [0.25, 0.3) is 0 Å². The second-order valence-corrected chi connectivity index (χ2v) is 14.5. The smallest absolute Gasteiger partial charge is 0.490 e. The molecule has 14 nitrogen and oxygen atoms in total. The van der Waals surface area contributed by atoms with Crippen LogP contribution in [0.4, 0.5) is 13.2 Å². The van der Waals surface area contributed by atoms with Gasteiger partial charge >= 0.3 is 24.1 Å². The minimum absolute atomic E-state index is 0.119. The Balaban J connectivity index is 1.52. The zero-order valence-electron chi connectivity index (χ0n) is 29.5. The van der Waals surface area contributed by atoms with Crippen LogP contribution in [0.2, 0.25) is 0 Å². The molecule has 0 saturated carbocycles. The zero-order chi connectivity index (χ0) is 38.1. The summed E-state index contributed by atoms with van der Waals surface area (Å²) in [5, 5.41) is 10.1. The minimum Gasteiger partial charge on any atom is -0.493 e. The molecule has 2 aromatic carbocycles. The molecular formula is C35H36F3N3O11S. The van der Waals surface area contributed by atoms with E-state index in [1.807, 2.05) is 24.9 Å². The summed E-state index contributed by atoms with van der Waals surface area (Å²) in [4.78, 5) is 42.2. The zero-order valence-corrected chi connectivity index (χ0v) is 30.3. The standard InChI is InChI=1S/C35H36F3N3O11S/c1-14-7-17-8-18-19(9-39)41-20-10-47-33(43)21(52-34(44)35(36,37)38)11-53-32(24-23(20)31-29(49-13-50-31)15(2)28(24)51-16(3)42)26(41)25(40(18)4)22(17)30(27(14)46-6)48-12-45-5/h7,18-21,25-26,32H,8,10-13H2,1-6H3/t18-,19-,20+,21-,25+,26?,32+/m0/s1. The van der Waals surface area contributed by atoms with Gasteiger partial charge in [0.2, 0.25) is 12.9 Å². The van der Waals surface area contributed by atoms with Crippen molar-refractivity contribution in [2.75, 3.05) is 47.2 Å². The lowest BCUT2D eigenvalue weighted by Gasteiger charge is -2.61. The average molecular weight is 764 g/mol. The van der Waals surface area contributed by atoms with Gasteiger partial charge in [0.1, 0.15) is 18.4 Å². The van der Waals surface area contributed by atoms with Gasteiger partial charge in [0.15, 0.2) is 29.8 Å². The predicted octanol–water partition coefficient (Wildman–Crippen LogP) is 3.98. The van der Waals surface area contributed by atoms with Crippen LogP contribution in [0.3, 0.4) is 0 Å². The van der Waals surface area contributed by atoms with Crippen molar-refractivity contribution in [3.63, 3.8) is 0 Å². The van der Waals surface area contributed by atoms with Crippen molar-refractivity contribution in [1.29, 1.82) is 5.26 Å². The van der Waals surface area contributed by atoms with Crippen LogP contribution in [-0.4, -0.2) is 105 Å². The van der Waals surface area contributed by atoms with E-state index in [4.69, 9.17) is 37.9 Å². The fourth-order valence-corrected chi connectivity index (χ4v) is 9.94. The van der Waals surface area contributed by atoms with Gasteiger partial charge in [-0.3, -0.25) is 14.6 Å². The number of hydrogen-bond donors (Lipinski definition) is 0. The molecule has 2 fully saturated rings. The molecular weight excluding hydrogens is 727 g/mol. The number of hydrogen-bond acceptors (Lipinski definition) is 15. The molecule has 0 amide bonds. The molecule has 0 radical (unpaired) electrons. The van der Waals surface area contributed by atoms with Crippen LogP contribution in [-0.2, 0) is 35.0 Å². The Morgan fingerprint density at radius 1 is 1.08 bits per heavy atom. The lowest BCUT2D eigenvalue weighted by molar-refractivity contribution is -0.207. The Bertz CT molecular complexity index is 1920. The molecule has 53 heavy (non-hydrogen) atoms. The van der Waals surface area contributed by atoms with E-state index in [0.29, 0.717) is 46.1 Å². The minimum atomic E-state index is -5.37. The number of nitrogens with zero attached hydrogens (tertiary/aromatic N) is 3. The third kappa shape index (κ3) is 5.88. The maximum atomic E-state index is 13.4. The Hall–Kier alpha value is -4.44. The summed E-state index contributed by atoms with van der Waals surface area (Å²) in [6.45, 7) is 4.03. The van der Waals surface area contributed by atoms with Crippen molar-refractivity contribution in [3.8, 4) is 34.8 Å². The summed E-state index contributed by atoms with van der Waals surface area (Å²) in [6, 6.07) is 0.976. The molecule has 5 heterocycles. The van der Waals surface area contributed by atoms with Crippen molar-refractivity contribution in [2.24, 2.45) is 0 Å². The lowest BCUT2D eigenvalue weighted by Crippen LogP contribution is -2.69. The number of likely N-dealkylation sites (N-methyl/N-ethyl adjacent to an activating group) is 1. The molecule has 5 aliphatic heterocycles. The first kappa shape index (κ1) is 36.9. The van der Waals surface area contributed by atoms with E-state index >= 15 is 0 Å². The van der Waals surface area contributed by atoms with Crippen molar-refractivity contribution < 1.29 is 65.4 Å². The van der Waals surface area contributed by atoms with E-state index in [1.54, 1.807) is 6.92 Å². The van der Waals surface area contributed by atoms with Gasteiger partial charge in [-0.2, -0.15) is 18.4 Å². The van der Waals surface area contributed by atoms with Gasteiger partial charge in [-0.05, 0) is 38.4 Å². The van der Waals surface area contributed by atoms with Gasteiger partial charge < -0.3 is 37.9 Å². The fraction of sp³-hybridized carbons (Fsp3) is 0.543. The summed E-state index contributed by atoms with van der Waals surface area (Å²) in [5.74, 6) is -3.24. The number of halogens is 3. The normalized spacial score (nSPS) is 27.4. The molecule has 2 saturated heterocycles. The number of nitriles is 1. The summed E-state index contributed by atoms with van der Waals surface area (Å²) in [7, 11) is 4.89. The summed E-state index contributed by atoms with van der Waals surface area (Å²) < 4.78 is 85.9. The largest absolute Gasteiger partial charge is 0.493 e. The highest BCUT2D eigenvalue weighted by atomic mass is 32.2. The number of piperazine rings is 1. The number of ether oxygens (including phenoxy) is 8.